The summed E-state index contributed by atoms with van der Waals surface area (Å²) in [7, 11) is 0. The van der Waals surface area contributed by atoms with Crippen LogP contribution in [0.1, 0.15) is 18.4 Å². The van der Waals surface area contributed by atoms with Crippen LogP contribution in [-0.2, 0) is 11.3 Å². The molecule has 0 heterocycles. The van der Waals surface area contributed by atoms with Crippen LogP contribution in [0.25, 0.3) is 0 Å². The van der Waals surface area contributed by atoms with Crippen molar-refractivity contribution >= 4 is 0 Å². The lowest BCUT2D eigenvalue weighted by Gasteiger charge is -2.07. The van der Waals surface area contributed by atoms with Crippen LogP contribution in [0.15, 0.2) is 12.1 Å². The van der Waals surface area contributed by atoms with E-state index in [-0.39, 0.29) is 0 Å². The van der Waals surface area contributed by atoms with Gasteiger partial charge in [0, 0.05) is 19.7 Å². The third-order valence-electron chi connectivity index (χ3n) is 2.88. The van der Waals surface area contributed by atoms with E-state index in [1.54, 1.807) is 0 Å². The van der Waals surface area contributed by atoms with Crippen LogP contribution in [0.5, 0.6) is 5.75 Å². The van der Waals surface area contributed by atoms with Gasteiger partial charge in [-0.15, -0.1) is 0 Å². The highest BCUT2D eigenvalue weighted by Crippen LogP contribution is 2.28. The molecule has 3 nitrogen and oxygen atoms in total. The van der Waals surface area contributed by atoms with Gasteiger partial charge in [-0.25, -0.2) is 8.78 Å². The Morgan fingerprint density at radius 3 is 2.56 bits per heavy atom. The van der Waals surface area contributed by atoms with E-state index in [1.807, 2.05) is 0 Å². The Labute approximate surface area is 105 Å². The van der Waals surface area contributed by atoms with Crippen LogP contribution >= 0.6 is 0 Å². The van der Waals surface area contributed by atoms with Gasteiger partial charge in [-0.2, -0.15) is 0 Å². The Morgan fingerprint density at radius 2 is 1.94 bits per heavy atom. The first-order chi connectivity index (χ1) is 8.66. The molecule has 0 unspecified atom stereocenters. The first kappa shape index (κ1) is 13.2. The number of hydrogen-bond donors (Lipinski definition) is 2. The molecule has 0 atom stereocenters. The second-order valence-electron chi connectivity index (χ2n) is 4.60. The summed E-state index contributed by atoms with van der Waals surface area (Å²) in [6.45, 7) is 2.39. The Hall–Kier alpha value is -1.20. The number of hydrogen-bond acceptors (Lipinski definition) is 3. The average Bonchev–Trinajstić information content (AvgIpc) is 3.14. The first-order valence-electron chi connectivity index (χ1n) is 6.12. The Morgan fingerprint density at radius 1 is 1.28 bits per heavy atom. The molecule has 0 aromatic heterocycles. The number of benzene rings is 1. The van der Waals surface area contributed by atoms with E-state index in [0.717, 1.165) is 24.7 Å². The molecular formula is C13H17F2NO2. The fourth-order valence-corrected chi connectivity index (χ4v) is 1.63. The maximum Gasteiger partial charge on any atom is 0.187 e. The number of phenolic OH excluding ortho intramolecular Hbond substituents is 1. The lowest BCUT2D eigenvalue weighted by atomic mass is 10.2. The minimum absolute atomic E-state index is 0.348. The van der Waals surface area contributed by atoms with Crippen molar-refractivity contribution < 1.29 is 18.6 Å². The number of rotatable bonds is 7. The Kier molecular flexibility index (Phi) is 4.49. The van der Waals surface area contributed by atoms with Crippen LogP contribution in [0.4, 0.5) is 8.78 Å². The summed E-state index contributed by atoms with van der Waals surface area (Å²) >= 11 is 0. The minimum atomic E-state index is -0.934. The van der Waals surface area contributed by atoms with Crippen molar-refractivity contribution in [3.63, 3.8) is 0 Å². The third-order valence-corrected chi connectivity index (χ3v) is 2.88. The third kappa shape index (κ3) is 3.92. The van der Waals surface area contributed by atoms with E-state index in [0.29, 0.717) is 25.3 Å². The summed E-state index contributed by atoms with van der Waals surface area (Å²) in [5, 5.41) is 12.0. The van der Waals surface area contributed by atoms with Gasteiger partial charge in [-0.3, -0.25) is 0 Å². The lowest BCUT2D eigenvalue weighted by molar-refractivity contribution is 0.126. The van der Waals surface area contributed by atoms with Crippen molar-refractivity contribution in [3.8, 4) is 5.75 Å². The molecule has 1 aromatic carbocycles. The summed E-state index contributed by atoms with van der Waals surface area (Å²) in [5.41, 5.74) is 0.463. The van der Waals surface area contributed by atoms with Crippen LogP contribution in [-0.4, -0.2) is 24.9 Å². The maximum atomic E-state index is 13.0. The van der Waals surface area contributed by atoms with Gasteiger partial charge in [0.15, 0.2) is 17.4 Å². The van der Waals surface area contributed by atoms with Crippen LogP contribution in [0, 0.1) is 17.6 Å². The normalized spacial score (nSPS) is 15.0. The highest BCUT2D eigenvalue weighted by Gasteiger charge is 2.20. The molecule has 0 radical (unpaired) electrons. The van der Waals surface area contributed by atoms with Crippen LogP contribution < -0.4 is 5.32 Å². The van der Waals surface area contributed by atoms with Crippen molar-refractivity contribution in [2.24, 2.45) is 5.92 Å². The quantitative estimate of drug-likeness (QED) is 0.736. The Balaban J connectivity index is 1.66. The SMILES string of the molecule is Oc1c(F)cc(CNCCOCC2CC2)cc1F. The largest absolute Gasteiger partial charge is 0.503 e. The molecule has 0 bridgehead atoms. The molecule has 1 aliphatic rings. The van der Waals surface area contributed by atoms with Gasteiger partial charge in [0.2, 0.25) is 0 Å². The number of phenols is 1. The lowest BCUT2D eigenvalue weighted by Crippen LogP contribution is -2.20. The second kappa shape index (κ2) is 6.11. The molecule has 100 valence electrons. The molecule has 0 saturated heterocycles. The smallest absolute Gasteiger partial charge is 0.187 e. The second-order valence-corrected chi connectivity index (χ2v) is 4.60. The van der Waals surface area contributed by atoms with Crippen molar-refractivity contribution in [1.82, 2.24) is 5.32 Å². The molecule has 2 N–H and O–H groups in total. The minimum Gasteiger partial charge on any atom is -0.503 e. The van der Waals surface area contributed by atoms with Gasteiger partial charge in [-0.05, 0) is 36.5 Å². The van der Waals surface area contributed by atoms with Crippen LogP contribution in [0.3, 0.4) is 0 Å². The average molecular weight is 257 g/mol. The molecule has 1 aromatic rings. The van der Waals surface area contributed by atoms with Crippen LogP contribution in [0.2, 0.25) is 0 Å². The molecule has 0 spiro atoms. The van der Waals surface area contributed by atoms with E-state index in [1.165, 1.54) is 12.8 Å². The molecule has 1 aliphatic carbocycles. The fraction of sp³-hybridized carbons (Fsp3) is 0.538. The molecule has 5 heteroatoms. The molecule has 2 rings (SSSR count). The molecule has 1 saturated carbocycles. The zero-order valence-electron chi connectivity index (χ0n) is 10.1. The monoisotopic (exact) mass is 257 g/mol. The highest BCUT2D eigenvalue weighted by molar-refractivity contribution is 5.29. The van der Waals surface area contributed by atoms with Gasteiger partial charge >= 0.3 is 0 Å². The topological polar surface area (TPSA) is 41.5 Å². The number of ether oxygens (including phenoxy) is 1. The first-order valence-corrected chi connectivity index (χ1v) is 6.12. The van der Waals surface area contributed by atoms with Gasteiger partial charge in [0.25, 0.3) is 0 Å². The standard InChI is InChI=1S/C13H17F2NO2/c14-11-5-10(6-12(15)13(11)17)7-16-3-4-18-8-9-1-2-9/h5-6,9,16-17H,1-4,7-8H2. The van der Waals surface area contributed by atoms with Crippen molar-refractivity contribution in [3.05, 3.63) is 29.3 Å². The fourth-order valence-electron chi connectivity index (χ4n) is 1.63. The number of aromatic hydroxyl groups is 1. The zero-order valence-corrected chi connectivity index (χ0v) is 10.1. The summed E-state index contributed by atoms with van der Waals surface area (Å²) in [6.07, 6.45) is 2.53. The van der Waals surface area contributed by atoms with E-state index < -0.39 is 17.4 Å². The number of nitrogens with one attached hydrogen (secondary N) is 1. The van der Waals surface area contributed by atoms with Crippen molar-refractivity contribution in [2.45, 2.75) is 19.4 Å². The van der Waals surface area contributed by atoms with Gasteiger partial charge in [-0.1, -0.05) is 0 Å². The molecule has 1 fully saturated rings. The molecule has 0 amide bonds. The summed E-state index contributed by atoms with van der Waals surface area (Å²) in [5.74, 6) is -2.05. The Bertz CT molecular complexity index is 385. The van der Waals surface area contributed by atoms with E-state index >= 15 is 0 Å². The molecular weight excluding hydrogens is 240 g/mol. The summed E-state index contributed by atoms with van der Waals surface area (Å²) in [4.78, 5) is 0. The van der Waals surface area contributed by atoms with Gasteiger partial charge in [0.1, 0.15) is 0 Å². The maximum absolute atomic E-state index is 13.0. The van der Waals surface area contributed by atoms with Gasteiger partial charge < -0.3 is 15.2 Å². The van der Waals surface area contributed by atoms with E-state index in [4.69, 9.17) is 9.84 Å². The molecule has 0 aliphatic heterocycles. The van der Waals surface area contributed by atoms with E-state index in [9.17, 15) is 8.78 Å². The van der Waals surface area contributed by atoms with E-state index in [2.05, 4.69) is 5.32 Å². The summed E-state index contributed by atoms with van der Waals surface area (Å²) < 4.78 is 31.5. The number of halogens is 2. The molecule has 18 heavy (non-hydrogen) atoms. The highest BCUT2D eigenvalue weighted by atomic mass is 19.1. The zero-order chi connectivity index (χ0) is 13.0. The van der Waals surface area contributed by atoms with Crippen molar-refractivity contribution in [2.75, 3.05) is 19.8 Å². The predicted molar refractivity (Wildman–Crippen MR) is 63.3 cm³/mol. The van der Waals surface area contributed by atoms with Crippen molar-refractivity contribution in [1.29, 1.82) is 0 Å². The predicted octanol–water partition coefficient (Wildman–Crippen LogP) is 2.19. The summed E-state index contributed by atoms with van der Waals surface area (Å²) in [6, 6.07) is 2.24. The van der Waals surface area contributed by atoms with Gasteiger partial charge in [0.05, 0.1) is 6.61 Å².